The van der Waals surface area contributed by atoms with E-state index in [4.69, 9.17) is 0 Å². The quantitative estimate of drug-likeness (QED) is 0.568. The van der Waals surface area contributed by atoms with Gasteiger partial charge < -0.3 is 5.32 Å². The van der Waals surface area contributed by atoms with Gasteiger partial charge in [-0.2, -0.15) is 4.98 Å². The predicted octanol–water partition coefficient (Wildman–Crippen LogP) is 3.34. The summed E-state index contributed by atoms with van der Waals surface area (Å²) in [5, 5.41) is 4.11. The average molecular weight is 492 g/mol. The molecule has 2 aromatic heterocycles. The number of aryl methyl sites for hydroxylation is 2. The number of rotatable bonds is 6. The van der Waals surface area contributed by atoms with Gasteiger partial charge in [-0.05, 0) is 43.4 Å². The van der Waals surface area contributed by atoms with Crippen molar-refractivity contribution in [3.05, 3.63) is 52.4 Å². The number of pyridine rings is 1. The zero-order chi connectivity index (χ0) is 22.9. The third-order valence-electron chi connectivity index (χ3n) is 6.03. The molecule has 178 valence electrons. The van der Waals surface area contributed by atoms with E-state index in [2.05, 4.69) is 15.3 Å². The van der Waals surface area contributed by atoms with Crippen molar-refractivity contribution in [2.24, 2.45) is 7.05 Å². The standard InChI is InChI=1S/C23H29N5O3S.ClH/c1-4-13-32(30,31)28-11-9-18(10-12-28)25-23-24-15-17-14-20(19-8-6-5-7-16(19)2)22(29)27(3)21(17)26-23;/h5-8,14-15,18H,4,9-13H2,1-3H3,(H,24,25,26);1H. The van der Waals surface area contributed by atoms with Gasteiger partial charge in [0, 0.05) is 43.3 Å². The molecule has 0 aliphatic carbocycles. The van der Waals surface area contributed by atoms with E-state index in [1.807, 2.05) is 44.2 Å². The van der Waals surface area contributed by atoms with Crippen molar-refractivity contribution in [3.63, 3.8) is 0 Å². The lowest BCUT2D eigenvalue weighted by atomic mass is 10.0. The van der Waals surface area contributed by atoms with Gasteiger partial charge in [-0.3, -0.25) is 9.36 Å². The highest BCUT2D eigenvalue weighted by Gasteiger charge is 2.27. The first kappa shape index (κ1) is 25.1. The highest BCUT2D eigenvalue weighted by molar-refractivity contribution is 7.89. The Labute approximate surface area is 200 Å². The minimum atomic E-state index is -3.16. The fourth-order valence-electron chi connectivity index (χ4n) is 4.23. The second kappa shape index (κ2) is 10.2. The van der Waals surface area contributed by atoms with E-state index in [0.717, 1.165) is 16.5 Å². The van der Waals surface area contributed by atoms with Gasteiger partial charge in [-0.15, -0.1) is 12.4 Å². The Bertz CT molecular complexity index is 1300. The lowest BCUT2D eigenvalue weighted by Gasteiger charge is -2.31. The summed E-state index contributed by atoms with van der Waals surface area (Å²) < 4.78 is 27.7. The van der Waals surface area contributed by atoms with Crippen LogP contribution in [0, 0.1) is 6.92 Å². The summed E-state index contributed by atoms with van der Waals surface area (Å²) in [5.41, 5.74) is 3.03. The van der Waals surface area contributed by atoms with Crippen LogP contribution < -0.4 is 10.9 Å². The Morgan fingerprint density at radius 1 is 1.15 bits per heavy atom. The van der Waals surface area contributed by atoms with Crippen LogP contribution in [0.4, 0.5) is 5.95 Å². The van der Waals surface area contributed by atoms with Crippen LogP contribution in [0.15, 0.2) is 41.3 Å². The average Bonchev–Trinajstić information content (AvgIpc) is 2.77. The third kappa shape index (κ3) is 5.20. The topological polar surface area (TPSA) is 97.2 Å². The molecule has 0 spiro atoms. The van der Waals surface area contributed by atoms with Crippen LogP contribution in [-0.2, 0) is 17.1 Å². The molecule has 4 rings (SSSR count). The van der Waals surface area contributed by atoms with Crippen molar-refractivity contribution in [3.8, 4) is 11.1 Å². The summed E-state index contributed by atoms with van der Waals surface area (Å²) in [6.07, 6.45) is 3.73. The molecule has 1 aromatic carbocycles. The van der Waals surface area contributed by atoms with E-state index in [1.165, 1.54) is 0 Å². The molecule has 33 heavy (non-hydrogen) atoms. The number of benzene rings is 1. The second-order valence-electron chi connectivity index (χ2n) is 8.34. The summed E-state index contributed by atoms with van der Waals surface area (Å²) in [7, 11) is -1.44. The molecule has 10 heteroatoms. The number of nitrogens with zero attached hydrogens (tertiary/aromatic N) is 4. The highest BCUT2D eigenvalue weighted by Crippen LogP contribution is 2.24. The van der Waals surface area contributed by atoms with Crippen LogP contribution in [0.3, 0.4) is 0 Å². The molecule has 3 heterocycles. The molecule has 0 bridgehead atoms. The fourth-order valence-corrected chi connectivity index (χ4v) is 5.77. The Hall–Kier alpha value is -2.49. The maximum atomic E-state index is 13.0. The van der Waals surface area contributed by atoms with Crippen LogP contribution in [0.2, 0.25) is 0 Å². The van der Waals surface area contributed by atoms with Gasteiger partial charge in [0.2, 0.25) is 16.0 Å². The molecule has 0 amide bonds. The molecule has 1 saturated heterocycles. The lowest BCUT2D eigenvalue weighted by molar-refractivity contribution is 0.329. The van der Waals surface area contributed by atoms with Crippen molar-refractivity contribution < 1.29 is 8.42 Å². The van der Waals surface area contributed by atoms with Crippen molar-refractivity contribution in [2.75, 3.05) is 24.2 Å². The molecular weight excluding hydrogens is 462 g/mol. The molecule has 3 aromatic rings. The first-order chi connectivity index (χ1) is 15.3. The minimum Gasteiger partial charge on any atom is -0.351 e. The van der Waals surface area contributed by atoms with Crippen LogP contribution >= 0.6 is 12.4 Å². The summed E-state index contributed by atoms with van der Waals surface area (Å²) in [5.74, 6) is 0.642. The first-order valence-electron chi connectivity index (χ1n) is 11.0. The molecule has 1 fully saturated rings. The number of piperidine rings is 1. The lowest BCUT2D eigenvalue weighted by Crippen LogP contribution is -2.43. The highest BCUT2D eigenvalue weighted by atomic mass is 35.5. The Kier molecular flexibility index (Phi) is 7.76. The molecule has 0 saturated carbocycles. The summed E-state index contributed by atoms with van der Waals surface area (Å²) in [6, 6.07) is 9.75. The van der Waals surface area contributed by atoms with Gasteiger partial charge in [0.1, 0.15) is 5.65 Å². The van der Waals surface area contributed by atoms with Crippen LogP contribution in [0.5, 0.6) is 0 Å². The number of hydrogen-bond acceptors (Lipinski definition) is 6. The third-order valence-corrected chi connectivity index (χ3v) is 8.10. The van der Waals surface area contributed by atoms with Gasteiger partial charge in [0.05, 0.1) is 5.75 Å². The molecule has 1 N–H and O–H groups in total. The molecule has 1 aliphatic rings. The zero-order valence-corrected chi connectivity index (χ0v) is 20.7. The molecule has 0 radical (unpaired) electrons. The SMILES string of the molecule is CCCS(=O)(=O)N1CCC(Nc2ncc3cc(-c4ccccc4C)c(=O)n(C)c3n2)CC1.Cl. The number of halogens is 1. The van der Waals surface area contributed by atoms with E-state index in [1.54, 1.807) is 22.1 Å². The Morgan fingerprint density at radius 2 is 1.85 bits per heavy atom. The number of aromatic nitrogens is 3. The fraction of sp³-hybridized carbons (Fsp3) is 0.435. The maximum Gasteiger partial charge on any atom is 0.259 e. The monoisotopic (exact) mass is 491 g/mol. The van der Waals surface area contributed by atoms with Gasteiger partial charge >= 0.3 is 0 Å². The Morgan fingerprint density at radius 3 is 2.52 bits per heavy atom. The molecule has 0 atom stereocenters. The van der Waals surface area contributed by atoms with Crippen LogP contribution in [0.25, 0.3) is 22.2 Å². The Balaban J connectivity index is 0.00000306. The number of fused-ring (bicyclic) bond motifs is 1. The molecule has 1 aliphatic heterocycles. The number of sulfonamides is 1. The predicted molar refractivity (Wildman–Crippen MR) is 134 cm³/mol. The number of nitrogens with one attached hydrogen (secondary N) is 1. The smallest absolute Gasteiger partial charge is 0.259 e. The van der Waals surface area contributed by atoms with Crippen molar-refractivity contribution >= 4 is 39.4 Å². The summed E-state index contributed by atoms with van der Waals surface area (Å²) in [4.78, 5) is 22.1. The summed E-state index contributed by atoms with van der Waals surface area (Å²) in [6.45, 7) is 4.85. The van der Waals surface area contributed by atoms with Gasteiger partial charge in [-0.25, -0.2) is 17.7 Å². The van der Waals surface area contributed by atoms with E-state index in [9.17, 15) is 13.2 Å². The molecule has 0 unspecified atom stereocenters. The summed E-state index contributed by atoms with van der Waals surface area (Å²) >= 11 is 0. The normalized spacial score (nSPS) is 15.4. The first-order valence-corrected chi connectivity index (χ1v) is 12.6. The minimum absolute atomic E-state index is 0. The second-order valence-corrected chi connectivity index (χ2v) is 10.4. The van der Waals surface area contributed by atoms with Crippen LogP contribution in [0.1, 0.15) is 31.7 Å². The van der Waals surface area contributed by atoms with E-state index in [0.29, 0.717) is 49.5 Å². The molecule has 8 nitrogen and oxygen atoms in total. The van der Waals surface area contributed by atoms with E-state index >= 15 is 0 Å². The number of hydrogen-bond donors (Lipinski definition) is 1. The van der Waals surface area contributed by atoms with Crippen LogP contribution in [-0.4, -0.2) is 52.1 Å². The number of anilines is 1. The van der Waals surface area contributed by atoms with Gasteiger partial charge in [0.15, 0.2) is 0 Å². The largest absolute Gasteiger partial charge is 0.351 e. The van der Waals surface area contributed by atoms with Crippen molar-refractivity contribution in [2.45, 2.75) is 39.2 Å². The maximum absolute atomic E-state index is 13.0. The zero-order valence-electron chi connectivity index (χ0n) is 19.1. The van der Waals surface area contributed by atoms with Crippen molar-refractivity contribution in [1.29, 1.82) is 0 Å². The van der Waals surface area contributed by atoms with Crippen molar-refractivity contribution in [1.82, 2.24) is 18.8 Å². The van der Waals surface area contributed by atoms with Gasteiger partial charge in [0.25, 0.3) is 5.56 Å². The van der Waals surface area contributed by atoms with E-state index < -0.39 is 10.0 Å². The molecular formula is C23H30ClN5O3S. The van der Waals surface area contributed by atoms with E-state index in [-0.39, 0.29) is 29.8 Å². The van der Waals surface area contributed by atoms with Gasteiger partial charge in [-0.1, -0.05) is 31.2 Å².